The summed E-state index contributed by atoms with van der Waals surface area (Å²) in [5.41, 5.74) is -0.474. The van der Waals surface area contributed by atoms with Crippen molar-refractivity contribution in [1.29, 1.82) is 0 Å². The van der Waals surface area contributed by atoms with Crippen molar-refractivity contribution in [3.63, 3.8) is 0 Å². The summed E-state index contributed by atoms with van der Waals surface area (Å²) in [6.07, 6.45) is 2.57. The summed E-state index contributed by atoms with van der Waals surface area (Å²) in [6.45, 7) is 3.02. The molecule has 0 unspecified atom stereocenters. The van der Waals surface area contributed by atoms with E-state index >= 15 is 0 Å². The molecule has 1 saturated heterocycles. The number of likely N-dealkylation sites (tertiary alicyclic amines) is 1. The first kappa shape index (κ1) is 16.2. The van der Waals surface area contributed by atoms with Gasteiger partial charge in [0.25, 0.3) is 5.91 Å². The Labute approximate surface area is 145 Å². The van der Waals surface area contributed by atoms with Gasteiger partial charge < -0.3 is 14.1 Å². The highest BCUT2D eigenvalue weighted by molar-refractivity contribution is 5.87. The van der Waals surface area contributed by atoms with Gasteiger partial charge in [0.1, 0.15) is 11.4 Å². The van der Waals surface area contributed by atoms with E-state index in [1.165, 1.54) is 12.1 Å². The fraction of sp³-hybridized carbons (Fsp3) is 0.500. The average molecular weight is 345 g/mol. The third kappa shape index (κ3) is 2.54. The Hall–Kier alpha value is -2.28. The smallest absolute Gasteiger partial charge is 0.254 e. The van der Waals surface area contributed by atoms with Crippen LogP contribution in [0.4, 0.5) is 4.39 Å². The molecule has 0 bridgehead atoms. The monoisotopic (exact) mass is 345 g/mol. The fourth-order valence-corrected chi connectivity index (χ4v) is 3.57. The molecule has 2 aromatic rings. The molecule has 1 saturated carbocycles. The molecule has 0 spiro atoms. The molecule has 4 rings (SSSR count). The van der Waals surface area contributed by atoms with Gasteiger partial charge in [0.15, 0.2) is 0 Å². The topological polar surface area (TPSA) is 68.5 Å². The van der Waals surface area contributed by atoms with Crippen LogP contribution in [0.2, 0.25) is 0 Å². The van der Waals surface area contributed by atoms with Gasteiger partial charge in [0.05, 0.1) is 5.41 Å². The van der Waals surface area contributed by atoms with E-state index in [9.17, 15) is 9.18 Å². The summed E-state index contributed by atoms with van der Waals surface area (Å²) in [4.78, 5) is 14.4. The summed E-state index contributed by atoms with van der Waals surface area (Å²) in [5.74, 6) is 0.446. The lowest BCUT2D eigenvalue weighted by molar-refractivity contribution is -0.174. The maximum Gasteiger partial charge on any atom is 0.254 e. The molecule has 2 aliphatic rings. The number of aromatic nitrogens is 2. The fourth-order valence-electron chi connectivity index (χ4n) is 3.57. The third-order valence-corrected chi connectivity index (χ3v) is 5.32. The van der Waals surface area contributed by atoms with Gasteiger partial charge >= 0.3 is 0 Å². The number of nitrogens with zero attached hydrogens (tertiary/aromatic N) is 3. The highest BCUT2D eigenvalue weighted by Crippen LogP contribution is 2.41. The van der Waals surface area contributed by atoms with E-state index in [0.717, 1.165) is 19.3 Å². The zero-order valence-corrected chi connectivity index (χ0v) is 14.3. The lowest BCUT2D eigenvalue weighted by Gasteiger charge is -2.51. The number of hydrogen-bond acceptors (Lipinski definition) is 5. The normalized spacial score (nSPS) is 20.7. The molecule has 0 radical (unpaired) electrons. The van der Waals surface area contributed by atoms with Gasteiger partial charge in [-0.2, -0.15) is 0 Å². The molecule has 2 heterocycles. The first-order valence-electron chi connectivity index (χ1n) is 8.40. The number of halogens is 1. The van der Waals surface area contributed by atoms with Gasteiger partial charge in [-0.05, 0) is 44.4 Å². The second-order valence-electron chi connectivity index (χ2n) is 7.20. The van der Waals surface area contributed by atoms with Crippen LogP contribution in [0.15, 0.2) is 28.7 Å². The largest absolute Gasteiger partial charge is 0.420 e. The van der Waals surface area contributed by atoms with Crippen LogP contribution < -0.4 is 0 Å². The number of rotatable bonds is 4. The zero-order chi connectivity index (χ0) is 17.7. The van der Waals surface area contributed by atoms with E-state index in [-0.39, 0.29) is 23.0 Å². The number of methoxy groups -OCH3 is 1. The quantitative estimate of drug-likeness (QED) is 0.852. The van der Waals surface area contributed by atoms with Crippen LogP contribution >= 0.6 is 0 Å². The number of benzene rings is 1. The van der Waals surface area contributed by atoms with Gasteiger partial charge in [-0.3, -0.25) is 4.79 Å². The van der Waals surface area contributed by atoms with Crippen molar-refractivity contribution < 1.29 is 18.3 Å². The lowest BCUT2D eigenvalue weighted by atomic mass is 9.75. The standard InChI is InChI=1S/C18H20FN3O3/c1-17(10-22(11-17)16(23)18(24-2)7-4-8-18)15-21-20-14(25-15)12-5-3-6-13(19)9-12/h3,5-6,9H,4,7-8,10-11H2,1-2H3. The van der Waals surface area contributed by atoms with Gasteiger partial charge in [-0.1, -0.05) is 6.07 Å². The second-order valence-corrected chi connectivity index (χ2v) is 7.20. The highest BCUT2D eigenvalue weighted by Gasteiger charge is 2.54. The number of ether oxygens (including phenoxy) is 1. The van der Waals surface area contributed by atoms with Crippen molar-refractivity contribution in [2.45, 2.75) is 37.2 Å². The van der Waals surface area contributed by atoms with Gasteiger partial charge in [0, 0.05) is 25.8 Å². The summed E-state index contributed by atoms with van der Waals surface area (Å²) in [5, 5.41) is 8.14. The third-order valence-electron chi connectivity index (χ3n) is 5.32. The Morgan fingerprint density at radius 2 is 2.08 bits per heavy atom. The molecule has 6 nitrogen and oxygen atoms in total. The highest BCUT2D eigenvalue weighted by atomic mass is 19.1. The SMILES string of the molecule is COC1(C(=O)N2CC(C)(c3nnc(-c4cccc(F)c4)o3)C2)CCC1. The number of carbonyl (C=O) groups excluding carboxylic acids is 1. The Morgan fingerprint density at radius 3 is 2.68 bits per heavy atom. The van der Waals surface area contributed by atoms with Crippen LogP contribution in [0.5, 0.6) is 0 Å². The Balaban J connectivity index is 1.48. The number of carbonyl (C=O) groups is 1. The van der Waals surface area contributed by atoms with Crippen LogP contribution in [0.1, 0.15) is 32.1 Å². The van der Waals surface area contributed by atoms with Crippen molar-refractivity contribution in [2.75, 3.05) is 20.2 Å². The van der Waals surface area contributed by atoms with Crippen LogP contribution in [0.25, 0.3) is 11.5 Å². The molecule has 0 atom stereocenters. The molecule has 2 fully saturated rings. The Kier molecular flexibility index (Phi) is 3.64. The van der Waals surface area contributed by atoms with Gasteiger partial charge in [0.2, 0.25) is 11.8 Å². The summed E-state index contributed by atoms with van der Waals surface area (Å²) < 4.78 is 24.6. The summed E-state index contributed by atoms with van der Waals surface area (Å²) in [7, 11) is 1.60. The van der Waals surface area contributed by atoms with Crippen LogP contribution in [-0.4, -0.2) is 46.8 Å². The predicted molar refractivity (Wildman–Crippen MR) is 87.2 cm³/mol. The first-order chi connectivity index (χ1) is 12.0. The van der Waals surface area contributed by atoms with Crippen molar-refractivity contribution in [2.24, 2.45) is 0 Å². The van der Waals surface area contributed by atoms with E-state index < -0.39 is 5.60 Å². The molecule has 25 heavy (non-hydrogen) atoms. The van der Waals surface area contributed by atoms with E-state index in [2.05, 4.69) is 10.2 Å². The molecule has 1 aromatic carbocycles. The predicted octanol–water partition coefficient (Wildman–Crippen LogP) is 2.54. The maximum absolute atomic E-state index is 13.3. The van der Waals surface area contributed by atoms with Crippen molar-refractivity contribution >= 4 is 5.91 Å². The maximum atomic E-state index is 13.3. The minimum atomic E-state index is -0.636. The van der Waals surface area contributed by atoms with Gasteiger partial charge in [-0.25, -0.2) is 4.39 Å². The molecular formula is C18H20FN3O3. The van der Waals surface area contributed by atoms with Crippen LogP contribution in [0, 0.1) is 5.82 Å². The first-order valence-corrected chi connectivity index (χ1v) is 8.40. The average Bonchev–Trinajstić information content (AvgIpc) is 3.01. The molecule has 132 valence electrons. The van der Waals surface area contributed by atoms with E-state index in [1.807, 2.05) is 6.92 Å². The van der Waals surface area contributed by atoms with Crippen molar-refractivity contribution in [1.82, 2.24) is 15.1 Å². The van der Waals surface area contributed by atoms with Crippen molar-refractivity contribution in [3.05, 3.63) is 36.0 Å². The van der Waals surface area contributed by atoms with E-state index in [0.29, 0.717) is 24.5 Å². The minimum Gasteiger partial charge on any atom is -0.420 e. The van der Waals surface area contributed by atoms with Crippen LogP contribution in [0.3, 0.4) is 0 Å². The molecule has 7 heteroatoms. The lowest BCUT2D eigenvalue weighted by Crippen LogP contribution is -2.66. The summed E-state index contributed by atoms with van der Waals surface area (Å²) in [6, 6.07) is 6.04. The van der Waals surface area contributed by atoms with Gasteiger partial charge in [-0.15, -0.1) is 10.2 Å². The minimum absolute atomic E-state index is 0.0450. The second kappa shape index (κ2) is 5.62. The Bertz CT molecular complexity index is 804. The molecule has 1 amide bonds. The van der Waals surface area contributed by atoms with Crippen molar-refractivity contribution in [3.8, 4) is 11.5 Å². The Morgan fingerprint density at radius 1 is 1.32 bits per heavy atom. The number of amides is 1. The zero-order valence-electron chi connectivity index (χ0n) is 14.3. The number of hydrogen-bond donors (Lipinski definition) is 0. The van der Waals surface area contributed by atoms with E-state index in [1.54, 1.807) is 24.1 Å². The van der Waals surface area contributed by atoms with E-state index in [4.69, 9.17) is 9.15 Å². The summed E-state index contributed by atoms with van der Waals surface area (Å²) >= 11 is 0. The molecule has 1 aromatic heterocycles. The molecular weight excluding hydrogens is 325 g/mol. The van der Waals surface area contributed by atoms with Crippen LogP contribution in [-0.2, 0) is 14.9 Å². The molecule has 0 N–H and O–H groups in total. The molecule has 1 aliphatic carbocycles. The molecule has 1 aliphatic heterocycles.